The molecule has 1 aliphatic carbocycles. The predicted molar refractivity (Wildman–Crippen MR) is 256 cm³/mol. The molecule has 0 bridgehead atoms. The zero-order valence-electron chi connectivity index (χ0n) is 33.6. The van der Waals surface area contributed by atoms with Crippen LogP contribution in [0.4, 0.5) is 17.1 Å². The van der Waals surface area contributed by atoms with E-state index in [1.807, 2.05) is 6.07 Å². The van der Waals surface area contributed by atoms with Crippen LogP contribution in [-0.2, 0) is 5.41 Å². The summed E-state index contributed by atoms with van der Waals surface area (Å²) in [7, 11) is 0. The Morgan fingerprint density at radius 3 is 1.77 bits per heavy atom. The molecule has 62 heavy (non-hydrogen) atoms. The van der Waals surface area contributed by atoms with Gasteiger partial charge in [-0.1, -0.05) is 182 Å². The maximum absolute atomic E-state index is 6.88. The largest absolute Gasteiger partial charge is 0.455 e. The molecule has 0 aliphatic heterocycles. The number of anilines is 3. The summed E-state index contributed by atoms with van der Waals surface area (Å²) < 4.78 is 13.6. The van der Waals surface area contributed by atoms with Crippen molar-refractivity contribution in [3.8, 4) is 22.3 Å². The molecule has 0 atom stereocenters. The van der Waals surface area contributed by atoms with Crippen LogP contribution in [0.1, 0.15) is 22.3 Å². The van der Waals surface area contributed by atoms with Crippen molar-refractivity contribution >= 4 is 71.7 Å². The van der Waals surface area contributed by atoms with Crippen LogP contribution in [0, 0.1) is 0 Å². The molecule has 0 spiro atoms. The Morgan fingerprint density at radius 2 is 0.935 bits per heavy atom. The molecule has 0 amide bonds. The van der Waals surface area contributed by atoms with Gasteiger partial charge in [0.15, 0.2) is 5.58 Å². The van der Waals surface area contributed by atoms with Crippen molar-refractivity contribution in [1.82, 2.24) is 0 Å². The molecule has 290 valence electrons. The maximum Gasteiger partial charge on any atom is 0.159 e. The average Bonchev–Trinajstić information content (AvgIpc) is 4.02. The van der Waals surface area contributed by atoms with Gasteiger partial charge in [-0.2, -0.15) is 0 Å². The first-order chi connectivity index (χ1) is 30.8. The minimum Gasteiger partial charge on any atom is -0.455 e. The Labute approximate surface area is 358 Å². The Hall–Kier alpha value is -8.14. The van der Waals surface area contributed by atoms with Gasteiger partial charge in [-0.15, -0.1) is 0 Å². The van der Waals surface area contributed by atoms with Gasteiger partial charge in [-0.05, 0) is 86.8 Å². The molecule has 0 N–H and O–H groups in total. The van der Waals surface area contributed by atoms with Crippen LogP contribution >= 0.6 is 0 Å². The number of hydrogen-bond donors (Lipinski definition) is 0. The Morgan fingerprint density at radius 1 is 0.339 bits per heavy atom. The van der Waals surface area contributed by atoms with E-state index in [4.69, 9.17) is 8.83 Å². The van der Waals surface area contributed by atoms with Gasteiger partial charge in [0.25, 0.3) is 0 Å². The molecule has 12 aromatic rings. The summed E-state index contributed by atoms with van der Waals surface area (Å²) >= 11 is 0. The third kappa shape index (κ3) is 4.88. The van der Waals surface area contributed by atoms with E-state index < -0.39 is 5.41 Å². The van der Waals surface area contributed by atoms with Crippen LogP contribution in [0.25, 0.3) is 76.9 Å². The van der Waals surface area contributed by atoms with E-state index in [9.17, 15) is 0 Å². The second-order valence-electron chi connectivity index (χ2n) is 16.3. The van der Waals surface area contributed by atoms with Crippen LogP contribution in [0.2, 0.25) is 0 Å². The molecule has 3 nitrogen and oxygen atoms in total. The van der Waals surface area contributed by atoms with Gasteiger partial charge in [-0.3, -0.25) is 0 Å². The molecule has 10 aromatic carbocycles. The van der Waals surface area contributed by atoms with E-state index in [0.717, 1.165) is 82.8 Å². The molecule has 3 heteroatoms. The molecule has 2 aromatic heterocycles. The molecule has 2 heterocycles. The SMILES string of the molecule is c1ccc(C2(c3ccccc3)c3ccccc3-c3ccc(N(c4ccccc4-c4cccc5oc6c7ccccc7ccc6c45)c4cccc5c4oc4ccccc45)cc32)cc1. The molecule has 13 rings (SSSR count). The minimum atomic E-state index is -0.564. The summed E-state index contributed by atoms with van der Waals surface area (Å²) in [5.74, 6) is 0. The van der Waals surface area contributed by atoms with E-state index in [2.05, 4.69) is 223 Å². The third-order valence-corrected chi connectivity index (χ3v) is 13.1. The highest BCUT2D eigenvalue weighted by molar-refractivity contribution is 6.20. The van der Waals surface area contributed by atoms with Crippen molar-refractivity contribution < 1.29 is 8.83 Å². The van der Waals surface area contributed by atoms with Gasteiger partial charge in [0, 0.05) is 38.2 Å². The van der Waals surface area contributed by atoms with Gasteiger partial charge in [-0.25, -0.2) is 0 Å². The zero-order valence-corrected chi connectivity index (χ0v) is 33.6. The first kappa shape index (κ1) is 34.7. The van der Waals surface area contributed by atoms with Gasteiger partial charge in [0.05, 0.1) is 16.8 Å². The van der Waals surface area contributed by atoms with Gasteiger partial charge in [0.1, 0.15) is 16.7 Å². The summed E-state index contributed by atoms with van der Waals surface area (Å²) in [5.41, 5.74) is 15.6. The lowest BCUT2D eigenvalue weighted by Crippen LogP contribution is -2.28. The highest BCUT2D eigenvalue weighted by atomic mass is 16.3. The second-order valence-corrected chi connectivity index (χ2v) is 16.3. The van der Waals surface area contributed by atoms with Gasteiger partial charge >= 0.3 is 0 Å². The van der Waals surface area contributed by atoms with Crippen LogP contribution in [0.15, 0.2) is 233 Å². The van der Waals surface area contributed by atoms with Gasteiger partial charge in [0.2, 0.25) is 0 Å². The van der Waals surface area contributed by atoms with Gasteiger partial charge < -0.3 is 13.7 Å². The fraction of sp³-hybridized carbons (Fsp3) is 0.0169. The lowest BCUT2D eigenvalue weighted by Gasteiger charge is -2.35. The normalized spacial score (nSPS) is 13.0. The average molecular weight is 792 g/mol. The lowest BCUT2D eigenvalue weighted by atomic mass is 9.67. The number of hydrogen-bond acceptors (Lipinski definition) is 3. The summed E-state index contributed by atoms with van der Waals surface area (Å²) in [5, 5.41) is 6.63. The topological polar surface area (TPSA) is 29.5 Å². The van der Waals surface area contributed by atoms with Crippen LogP contribution < -0.4 is 4.90 Å². The van der Waals surface area contributed by atoms with E-state index in [0.29, 0.717) is 0 Å². The van der Waals surface area contributed by atoms with Crippen molar-refractivity contribution in [1.29, 1.82) is 0 Å². The fourth-order valence-corrected chi connectivity index (χ4v) is 10.6. The molecule has 0 fully saturated rings. The molecular weight excluding hydrogens is 755 g/mol. The number of rotatable bonds is 6. The van der Waals surface area contributed by atoms with E-state index in [1.54, 1.807) is 0 Å². The number of nitrogens with zero attached hydrogens (tertiary/aromatic N) is 1. The minimum absolute atomic E-state index is 0.564. The van der Waals surface area contributed by atoms with Crippen LogP contribution in [0.5, 0.6) is 0 Å². The molecule has 0 saturated carbocycles. The van der Waals surface area contributed by atoms with E-state index in [1.165, 1.54) is 33.4 Å². The zero-order chi connectivity index (χ0) is 40.8. The number of furan rings is 2. The predicted octanol–water partition coefficient (Wildman–Crippen LogP) is 16.1. The Kier molecular flexibility index (Phi) is 7.52. The third-order valence-electron chi connectivity index (χ3n) is 13.1. The van der Waals surface area contributed by atoms with Crippen molar-refractivity contribution in [2.75, 3.05) is 4.90 Å². The first-order valence-corrected chi connectivity index (χ1v) is 21.3. The smallest absolute Gasteiger partial charge is 0.159 e. The van der Waals surface area contributed by atoms with E-state index >= 15 is 0 Å². The molecule has 1 aliphatic rings. The van der Waals surface area contributed by atoms with E-state index in [-0.39, 0.29) is 0 Å². The van der Waals surface area contributed by atoms with Crippen molar-refractivity contribution in [3.05, 3.63) is 247 Å². The van der Waals surface area contributed by atoms with Crippen LogP contribution in [0.3, 0.4) is 0 Å². The number of para-hydroxylation sites is 3. The number of fused-ring (bicyclic) bond motifs is 11. The highest BCUT2D eigenvalue weighted by Gasteiger charge is 2.46. The fourth-order valence-electron chi connectivity index (χ4n) is 10.6. The second kappa shape index (κ2) is 13.4. The lowest BCUT2D eigenvalue weighted by molar-refractivity contribution is 0.669. The monoisotopic (exact) mass is 791 g/mol. The number of benzene rings is 10. The summed E-state index contributed by atoms with van der Waals surface area (Å²) in [4.78, 5) is 2.42. The van der Waals surface area contributed by atoms with Crippen molar-refractivity contribution in [3.63, 3.8) is 0 Å². The van der Waals surface area contributed by atoms with Crippen LogP contribution in [-0.4, -0.2) is 0 Å². The van der Waals surface area contributed by atoms with Crippen molar-refractivity contribution in [2.24, 2.45) is 0 Å². The summed E-state index contributed by atoms with van der Waals surface area (Å²) in [6.45, 7) is 0. The summed E-state index contributed by atoms with van der Waals surface area (Å²) in [6, 6.07) is 81.0. The Bertz CT molecular complexity index is 3670. The highest BCUT2D eigenvalue weighted by Crippen LogP contribution is 2.58. The maximum atomic E-state index is 6.88. The molecule has 0 unspecified atom stereocenters. The van der Waals surface area contributed by atoms with Crippen molar-refractivity contribution in [2.45, 2.75) is 5.41 Å². The summed E-state index contributed by atoms with van der Waals surface area (Å²) in [6.07, 6.45) is 0. The Balaban J connectivity index is 1.12. The molecule has 0 radical (unpaired) electrons. The quantitative estimate of drug-likeness (QED) is 0.168. The molecule has 0 saturated heterocycles. The standard InChI is InChI=1S/C59H37NO2/c1-3-18-39(19-4-1)59(40-20-5-2-6-21-40)50-28-12-9-23-43(50)44-36-34-41(37-51(44)59)60(53-30-15-27-48-46-25-11-14-31-54(46)61-58(48)53)52-29-13-10-24-45(52)47-26-16-32-55-56(47)49-35-33-38-17-7-8-22-42(38)57(49)62-55/h1-37H. The molecular formula is C59H37NO2. The first-order valence-electron chi connectivity index (χ1n) is 21.3.